The van der Waals surface area contributed by atoms with Crippen molar-refractivity contribution in [1.82, 2.24) is 24.0 Å². The zero-order valence-electron chi connectivity index (χ0n) is 28.8. The van der Waals surface area contributed by atoms with E-state index in [1.807, 2.05) is 0 Å². The molecule has 0 aliphatic rings. The zero-order chi connectivity index (χ0) is 32.4. The van der Waals surface area contributed by atoms with Crippen molar-refractivity contribution in [3.05, 3.63) is 83.4 Å². The van der Waals surface area contributed by atoms with E-state index >= 15 is 0 Å². The van der Waals surface area contributed by atoms with Crippen molar-refractivity contribution in [3.8, 4) is 0 Å². The molecular weight excluding hydrogens is 564 g/mol. The van der Waals surface area contributed by atoms with Crippen LogP contribution < -0.4 is 5.73 Å². The second-order valence-electron chi connectivity index (χ2n) is 14.1. The van der Waals surface area contributed by atoms with Gasteiger partial charge in [0.15, 0.2) is 0 Å². The maximum atomic E-state index is 5.80. The number of nitrogens with zero attached hydrogens (tertiary/aromatic N) is 5. The van der Waals surface area contributed by atoms with Gasteiger partial charge in [-0.15, -0.1) is 0 Å². The van der Waals surface area contributed by atoms with Crippen molar-refractivity contribution in [2.45, 2.75) is 93.4 Å². The van der Waals surface area contributed by atoms with Crippen LogP contribution in [0.15, 0.2) is 60.7 Å². The molecule has 2 aromatic carbocycles. The van der Waals surface area contributed by atoms with Crippen LogP contribution in [0.5, 0.6) is 0 Å². The molecule has 0 fully saturated rings. The monoisotopic (exact) mass is 616 g/mol. The van der Waals surface area contributed by atoms with Crippen LogP contribution in [0.4, 0.5) is 0 Å². The summed E-state index contributed by atoms with van der Waals surface area (Å²) in [7, 11) is 0. The topological polar surface area (TPSA) is 64.9 Å². The normalized spacial score (nSPS) is 12.4. The van der Waals surface area contributed by atoms with Crippen LogP contribution in [-0.2, 0) is 26.2 Å². The first-order chi connectivity index (χ1) is 22.2. The van der Waals surface area contributed by atoms with E-state index in [-0.39, 0.29) is 0 Å². The van der Waals surface area contributed by atoms with Crippen molar-refractivity contribution in [3.63, 3.8) is 0 Å². The summed E-state index contributed by atoms with van der Waals surface area (Å²) in [4.78, 5) is 13.0. The Hall–Kier alpha value is -3.74. The number of para-hydroxylation sites is 2. The molecule has 6 nitrogen and oxygen atoms in total. The molecule has 2 N–H and O–H groups in total. The van der Waals surface area contributed by atoms with E-state index in [1.54, 1.807) is 0 Å². The molecule has 4 heterocycles. The van der Waals surface area contributed by atoms with Gasteiger partial charge in [-0.25, -0.2) is 0 Å². The molecule has 0 radical (unpaired) electrons. The predicted octanol–water partition coefficient (Wildman–Crippen LogP) is 9.14. The quantitative estimate of drug-likeness (QED) is 0.124. The summed E-state index contributed by atoms with van der Waals surface area (Å²) in [5.41, 5.74) is 15.4. The van der Waals surface area contributed by atoms with Gasteiger partial charge in [-0.2, -0.15) is 0 Å². The highest BCUT2D eigenvalue weighted by molar-refractivity contribution is 6.09. The van der Waals surface area contributed by atoms with Crippen molar-refractivity contribution < 1.29 is 0 Å². The van der Waals surface area contributed by atoms with Gasteiger partial charge < -0.3 is 14.9 Å². The van der Waals surface area contributed by atoms with Crippen LogP contribution in [0.25, 0.3) is 43.6 Å². The minimum absolute atomic E-state index is 0.556. The first-order valence-electron chi connectivity index (χ1n) is 17.4. The Kier molecular flexibility index (Phi) is 9.76. The first-order valence-corrected chi connectivity index (χ1v) is 17.4. The molecule has 0 bridgehead atoms. The highest BCUT2D eigenvalue weighted by Gasteiger charge is 2.19. The number of rotatable bonds is 14. The summed E-state index contributed by atoms with van der Waals surface area (Å²) < 4.78 is 4.96. The van der Waals surface area contributed by atoms with Crippen LogP contribution in [-0.4, -0.2) is 37.1 Å². The number of hydrogen-bond acceptors (Lipinski definition) is 4. The molecule has 0 saturated heterocycles. The molecule has 0 aliphatic carbocycles. The van der Waals surface area contributed by atoms with E-state index in [0.717, 1.165) is 74.9 Å². The fourth-order valence-electron chi connectivity index (χ4n) is 7.44. The summed E-state index contributed by atoms with van der Waals surface area (Å²) in [6.07, 6.45) is 4.61. The molecule has 0 saturated carbocycles. The fourth-order valence-corrected chi connectivity index (χ4v) is 7.44. The summed E-state index contributed by atoms with van der Waals surface area (Å²) >= 11 is 0. The van der Waals surface area contributed by atoms with Gasteiger partial charge in [0, 0.05) is 58.8 Å². The lowest BCUT2D eigenvalue weighted by molar-refractivity contribution is 0.244. The third kappa shape index (κ3) is 6.56. The number of benzene rings is 2. The Morgan fingerprint density at radius 2 is 1.09 bits per heavy atom. The molecule has 0 amide bonds. The van der Waals surface area contributed by atoms with Crippen LogP contribution in [0.1, 0.15) is 76.2 Å². The Balaban J connectivity index is 1.37. The molecule has 0 unspecified atom stereocenters. The molecule has 242 valence electrons. The summed E-state index contributed by atoms with van der Waals surface area (Å²) in [5.74, 6) is 1.11. The van der Waals surface area contributed by atoms with Gasteiger partial charge in [0.25, 0.3) is 0 Å². The molecule has 0 atom stereocenters. The lowest BCUT2D eigenvalue weighted by Crippen LogP contribution is -2.25. The minimum atomic E-state index is 0.556. The highest BCUT2D eigenvalue weighted by atomic mass is 15.1. The van der Waals surface area contributed by atoms with Crippen molar-refractivity contribution in [2.75, 3.05) is 13.1 Å². The number of aromatic nitrogens is 4. The van der Waals surface area contributed by atoms with E-state index in [4.69, 9.17) is 15.7 Å². The maximum Gasteiger partial charge on any atom is 0.0707 e. The Bertz CT molecular complexity index is 1820. The summed E-state index contributed by atoms with van der Waals surface area (Å²) in [5, 5.41) is 5.27. The zero-order valence-corrected chi connectivity index (χ0v) is 28.8. The number of fused-ring (bicyclic) bond motifs is 6. The van der Waals surface area contributed by atoms with E-state index < -0.39 is 0 Å². The number of hydrogen-bond donors (Lipinski definition) is 1. The van der Waals surface area contributed by atoms with Gasteiger partial charge in [-0.05, 0) is 75.9 Å². The SMILES string of the molecule is Cc1nc(CN(CCCCCCN)Cc2cc3c4ccccc4n(CC(C)C)c3c(C)n2)cc2c3ccccc3n(CC(C)C)c12. The van der Waals surface area contributed by atoms with Crippen molar-refractivity contribution in [1.29, 1.82) is 0 Å². The Morgan fingerprint density at radius 3 is 1.54 bits per heavy atom. The third-order valence-corrected chi connectivity index (χ3v) is 9.25. The van der Waals surface area contributed by atoms with Crippen molar-refractivity contribution >= 4 is 43.6 Å². The second-order valence-corrected chi connectivity index (χ2v) is 14.1. The van der Waals surface area contributed by atoms with Gasteiger partial charge in [-0.1, -0.05) is 76.9 Å². The highest BCUT2D eigenvalue weighted by Crippen LogP contribution is 2.34. The lowest BCUT2D eigenvalue weighted by Gasteiger charge is -2.23. The Morgan fingerprint density at radius 1 is 0.630 bits per heavy atom. The molecule has 6 heteroatoms. The van der Waals surface area contributed by atoms with Crippen molar-refractivity contribution in [2.24, 2.45) is 17.6 Å². The third-order valence-electron chi connectivity index (χ3n) is 9.25. The average Bonchev–Trinajstić information content (AvgIpc) is 3.49. The van der Waals surface area contributed by atoms with Crippen LogP contribution in [0, 0.1) is 25.7 Å². The fraction of sp³-hybridized carbons (Fsp3) is 0.450. The number of unbranched alkanes of at least 4 members (excludes halogenated alkanes) is 3. The largest absolute Gasteiger partial charge is 0.339 e. The second kappa shape index (κ2) is 13.9. The molecule has 4 aromatic heterocycles. The standard InChI is InChI=1S/C40H52N6/c1-27(2)23-45-37-17-11-9-15-33(37)35-21-31(42-29(5)39(35)45)25-44(20-14-8-7-13-19-41)26-32-22-36-34-16-10-12-18-38(34)46(24-28(3)4)40(36)30(6)43-32/h9-12,15-18,21-22,27-28H,7-8,13-14,19-20,23-26,41H2,1-6H3. The van der Waals surface area contributed by atoms with Gasteiger partial charge in [0.1, 0.15) is 0 Å². The van der Waals surface area contributed by atoms with Crippen LogP contribution in [0.2, 0.25) is 0 Å². The van der Waals surface area contributed by atoms with Gasteiger partial charge in [-0.3, -0.25) is 14.9 Å². The summed E-state index contributed by atoms with van der Waals surface area (Å²) in [6.45, 7) is 18.9. The van der Waals surface area contributed by atoms with Gasteiger partial charge in [0.2, 0.25) is 0 Å². The molecule has 6 rings (SSSR count). The molecule has 46 heavy (non-hydrogen) atoms. The van der Waals surface area contributed by atoms with E-state index in [1.165, 1.54) is 56.5 Å². The molecular formula is C40H52N6. The number of nitrogens with two attached hydrogens (primary N) is 1. The van der Waals surface area contributed by atoms with E-state index in [2.05, 4.69) is 116 Å². The number of pyridine rings is 2. The molecule has 0 spiro atoms. The lowest BCUT2D eigenvalue weighted by atomic mass is 10.1. The first kappa shape index (κ1) is 32.2. The smallest absolute Gasteiger partial charge is 0.0707 e. The van der Waals surface area contributed by atoms with E-state index in [0.29, 0.717) is 11.8 Å². The number of aryl methyl sites for hydroxylation is 2. The maximum absolute atomic E-state index is 5.80. The molecule has 6 aromatic rings. The Labute approximate surface area is 274 Å². The average molecular weight is 617 g/mol. The van der Waals surface area contributed by atoms with Gasteiger partial charge >= 0.3 is 0 Å². The van der Waals surface area contributed by atoms with Gasteiger partial charge in [0.05, 0.1) is 33.8 Å². The van der Waals surface area contributed by atoms with Crippen LogP contribution in [0.3, 0.4) is 0 Å². The van der Waals surface area contributed by atoms with E-state index in [9.17, 15) is 0 Å². The summed E-state index contributed by atoms with van der Waals surface area (Å²) in [6, 6.07) is 22.4. The minimum Gasteiger partial charge on any atom is -0.339 e. The predicted molar refractivity (Wildman–Crippen MR) is 195 cm³/mol. The molecule has 0 aliphatic heterocycles. The van der Waals surface area contributed by atoms with Crippen LogP contribution >= 0.6 is 0 Å².